The second-order valence-corrected chi connectivity index (χ2v) is 3.81. The third-order valence-corrected chi connectivity index (χ3v) is 2.72. The van der Waals surface area contributed by atoms with Crippen LogP contribution in [0.4, 0.5) is 0 Å². The number of rotatable bonds is 4. The number of hydrogen-bond acceptors (Lipinski definition) is 2. The van der Waals surface area contributed by atoms with Gasteiger partial charge in [0.25, 0.3) is 0 Å². The second kappa shape index (κ2) is 3.90. The van der Waals surface area contributed by atoms with Crippen molar-refractivity contribution in [1.82, 2.24) is 0 Å². The van der Waals surface area contributed by atoms with E-state index in [9.17, 15) is 4.79 Å². The summed E-state index contributed by atoms with van der Waals surface area (Å²) >= 11 is 0. The summed E-state index contributed by atoms with van der Waals surface area (Å²) in [6.45, 7) is 7.00. The van der Waals surface area contributed by atoms with Crippen molar-refractivity contribution >= 4 is 5.97 Å². The molecule has 0 radical (unpaired) electrons. The molecule has 0 atom stereocenters. The fraction of sp³-hybridized carbons (Fsp3) is 0.889. The van der Waals surface area contributed by atoms with Gasteiger partial charge < -0.3 is 10.2 Å². The first-order valence-electron chi connectivity index (χ1n) is 4.23. The van der Waals surface area contributed by atoms with Crippen LogP contribution in [0.15, 0.2) is 0 Å². The van der Waals surface area contributed by atoms with Crippen LogP contribution in [0.3, 0.4) is 0 Å². The summed E-state index contributed by atoms with van der Waals surface area (Å²) in [4.78, 5) is 11.0. The highest BCUT2D eigenvalue weighted by Gasteiger charge is 2.43. The number of hydrogen-bond donors (Lipinski definition) is 2. The van der Waals surface area contributed by atoms with Gasteiger partial charge in [-0.3, -0.25) is 4.79 Å². The van der Waals surface area contributed by atoms with Gasteiger partial charge in [0.2, 0.25) is 0 Å². The van der Waals surface area contributed by atoms with Crippen LogP contribution < -0.4 is 0 Å². The standard InChI is InChI=1S/C9H18O3/c1-6(2)9(5-10,7(3)4)8(11)12/h6-7,10H,5H2,1-4H3,(H,11,12). The lowest BCUT2D eigenvalue weighted by Gasteiger charge is -2.35. The Labute approximate surface area is 73.4 Å². The molecule has 12 heavy (non-hydrogen) atoms. The number of carbonyl (C=O) groups is 1. The average Bonchev–Trinajstić information content (AvgIpc) is 1.86. The van der Waals surface area contributed by atoms with E-state index in [2.05, 4.69) is 0 Å². The zero-order valence-corrected chi connectivity index (χ0v) is 8.16. The highest BCUT2D eigenvalue weighted by molar-refractivity contribution is 5.75. The van der Waals surface area contributed by atoms with E-state index < -0.39 is 11.4 Å². The van der Waals surface area contributed by atoms with Crippen LogP contribution >= 0.6 is 0 Å². The van der Waals surface area contributed by atoms with E-state index in [1.165, 1.54) is 0 Å². The van der Waals surface area contributed by atoms with Gasteiger partial charge >= 0.3 is 5.97 Å². The SMILES string of the molecule is CC(C)C(CO)(C(=O)O)C(C)C. The van der Waals surface area contributed by atoms with E-state index in [0.29, 0.717) is 0 Å². The van der Waals surface area contributed by atoms with Gasteiger partial charge in [0.05, 0.1) is 12.0 Å². The molecule has 0 fully saturated rings. The van der Waals surface area contributed by atoms with Crippen LogP contribution in [0.25, 0.3) is 0 Å². The van der Waals surface area contributed by atoms with Crippen LogP contribution in [0, 0.1) is 17.3 Å². The van der Waals surface area contributed by atoms with Crippen LogP contribution in [-0.4, -0.2) is 22.8 Å². The Bertz CT molecular complexity index is 153. The van der Waals surface area contributed by atoms with Gasteiger partial charge in [-0.1, -0.05) is 27.7 Å². The van der Waals surface area contributed by atoms with Gasteiger partial charge in [0, 0.05) is 0 Å². The molecule has 3 heteroatoms. The molecule has 0 unspecified atom stereocenters. The minimum atomic E-state index is -0.986. The normalized spacial score (nSPS) is 12.6. The molecule has 0 aliphatic heterocycles. The summed E-state index contributed by atoms with van der Waals surface area (Å²) in [6, 6.07) is 0. The molecule has 0 aromatic heterocycles. The average molecular weight is 174 g/mol. The van der Waals surface area contributed by atoms with E-state index in [-0.39, 0.29) is 18.4 Å². The molecule has 3 nitrogen and oxygen atoms in total. The van der Waals surface area contributed by atoms with Crippen molar-refractivity contribution in [3.8, 4) is 0 Å². The Balaban J connectivity index is 4.90. The highest BCUT2D eigenvalue weighted by Crippen LogP contribution is 2.35. The predicted octanol–water partition coefficient (Wildman–Crippen LogP) is 1.36. The van der Waals surface area contributed by atoms with E-state index in [1.807, 2.05) is 27.7 Å². The molecule has 0 rings (SSSR count). The molecular weight excluding hydrogens is 156 g/mol. The molecule has 0 saturated carbocycles. The molecule has 0 saturated heterocycles. The Kier molecular flexibility index (Phi) is 3.71. The third kappa shape index (κ3) is 1.61. The van der Waals surface area contributed by atoms with E-state index in [0.717, 1.165) is 0 Å². The monoisotopic (exact) mass is 174 g/mol. The van der Waals surface area contributed by atoms with Crippen LogP contribution in [-0.2, 0) is 4.79 Å². The molecule has 0 heterocycles. The minimum Gasteiger partial charge on any atom is -0.481 e. The van der Waals surface area contributed by atoms with E-state index in [4.69, 9.17) is 10.2 Å². The van der Waals surface area contributed by atoms with Crippen molar-refractivity contribution in [3.63, 3.8) is 0 Å². The van der Waals surface area contributed by atoms with Gasteiger partial charge in [-0.05, 0) is 11.8 Å². The molecular formula is C9H18O3. The van der Waals surface area contributed by atoms with Gasteiger partial charge in [-0.2, -0.15) is 0 Å². The molecule has 0 aromatic rings. The van der Waals surface area contributed by atoms with Crippen molar-refractivity contribution in [2.45, 2.75) is 27.7 Å². The fourth-order valence-corrected chi connectivity index (χ4v) is 1.59. The second-order valence-electron chi connectivity index (χ2n) is 3.81. The van der Waals surface area contributed by atoms with Gasteiger partial charge in [-0.25, -0.2) is 0 Å². The molecule has 0 amide bonds. The summed E-state index contributed by atoms with van der Waals surface area (Å²) in [7, 11) is 0. The van der Waals surface area contributed by atoms with Crippen molar-refractivity contribution in [2.75, 3.05) is 6.61 Å². The fourth-order valence-electron chi connectivity index (χ4n) is 1.59. The van der Waals surface area contributed by atoms with E-state index in [1.54, 1.807) is 0 Å². The minimum absolute atomic E-state index is 0.0556. The topological polar surface area (TPSA) is 57.5 Å². The Morgan fingerprint density at radius 3 is 1.58 bits per heavy atom. The highest BCUT2D eigenvalue weighted by atomic mass is 16.4. The summed E-state index contributed by atoms with van der Waals surface area (Å²) in [5.41, 5.74) is -0.986. The third-order valence-electron chi connectivity index (χ3n) is 2.72. The Hall–Kier alpha value is -0.570. The molecule has 0 spiro atoms. The molecule has 2 N–H and O–H groups in total. The molecule has 0 aliphatic rings. The quantitative estimate of drug-likeness (QED) is 0.676. The number of carboxylic acid groups (broad SMARTS) is 1. The number of aliphatic carboxylic acids is 1. The maximum Gasteiger partial charge on any atom is 0.312 e. The summed E-state index contributed by atoms with van der Waals surface area (Å²) in [5, 5.41) is 18.1. The zero-order chi connectivity index (χ0) is 9.94. The first kappa shape index (κ1) is 11.4. The Morgan fingerprint density at radius 2 is 1.58 bits per heavy atom. The number of carboxylic acids is 1. The lowest BCUT2D eigenvalue weighted by Crippen LogP contribution is -2.44. The van der Waals surface area contributed by atoms with Crippen molar-refractivity contribution in [3.05, 3.63) is 0 Å². The van der Waals surface area contributed by atoms with Crippen molar-refractivity contribution < 1.29 is 15.0 Å². The lowest BCUT2D eigenvalue weighted by molar-refractivity contribution is -0.159. The maximum atomic E-state index is 11.0. The smallest absolute Gasteiger partial charge is 0.312 e. The predicted molar refractivity (Wildman–Crippen MR) is 46.8 cm³/mol. The number of aliphatic hydroxyl groups excluding tert-OH is 1. The lowest BCUT2D eigenvalue weighted by atomic mass is 9.69. The summed E-state index contributed by atoms with van der Waals surface area (Å²) in [5.74, 6) is -1.02. The molecule has 72 valence electrons. The van der Waals surface area contributed by atoms with Crippen LogP contribution in [0.2, 0.25) is 0 Å². The van der Waals surface area contributed by atoms with Gasteiger partial charge in [-0.15, -0.1) is 0 Å². The first-order valence-corrected chi connectivity index (χ1v) is 4.23. The van der Waals surface area contributed by atoms with Gasteiger partial charge in [0.1, 0.15) is 0 Å². The number of aliphatic hydroxyl groups is 1. The Morgan fingerprint density at radius 1 is 1.25 bits per heavy atom. The summed E-state index contributed by atoms with van der Waals surface area (Å²) < 4.78 is 0. The molecule has 0 bridgehead atoms. The first-order chi connectivity index (χ1) is 5.39. The van der Waals surface area contributed by atoms with Crippen molar-refractivity contribution in [1.29, 1.82) is 0 Å². The largest absolute Gasteiger partial charge is 0.481 e. The summed E-state index contributed by atoms with van der Waals surface area (Å²) in [6.07, 6.45) is 0. The van der Waals surface area contributed by atoms with Gasteiger partial charge in [0.15, 0.2) is 0 Å². The van der Waals surface area contributed by atoms with Crippen molar-refractivity contribution in [2.24, 2.45) is 17.3 Å². The van der Waals surface area contributed by atoms with Crippen LogP contribution in [0.5, 0.6) is 0 Å². The zero-order valence-electron chi connectivity index (χ0n) is 8.16. The molecule has 0 aliphatic carbocycles. The molecule has 0 aromatic carbocycles. The maximum absolute atomic E-state index is 11.0. The van der Waals surface area contributed by atoms with E-state index >= 15 is 0 Å². The van der Waals surface area contributed by atoms with Crippen LogP contribution in [0.1, 0.15) is 27.7 Å².